The van der Waals surface area contributed by atoms with Crippen LogP contribution in [0.1, 0.15) is 29.2 Å². The van der Waals surface area contributed by atoms with Gasteiger partial charge in [-0.3, -0.25) is 4.79 Å². The molecule has 2 N–H and O–H groups in total. The van der Waals surface area contributed by atoms with E-state index in [2.05, 4.69) is 5.32 Å². The minimum absolute atomic E-state index is 0.0121. The minimum atomic E-state index is -0.604. The van der Waals surface area contributed by atoms with Gasteiger partial charge >= 0.3 is 0 Å². The average molecular weight is 302 g/mol. The lowest BCUT2D eigenvalue weighted by molar-refractivity contribution is -0.116. The van der Waals surface area contributed by atoms with Gasteiger partial charge in [-0.2, -0.15) is 0 Å². The Morgan fingerprint density at radius 1 is 1.19 bits per heavy atom. The van der Waals surface area contributed by atoms with Gasteiger partial charge in [-0.25, -0.2) is 0 Å². The fraction of sp³-hybridized carbons (Fsp3) is 0.235. The summed E-state index contributed by atoms with van der Waals surface area (Å²) in [6.07, 6.45) is 1.06. The molecule has 0 aliphatic carbocycles. The molecule has 0 saturated carbocycles. The van der Waals surface area contributed by atoms with Gasteiger partial charge in [0.05, 0.1) is 16.8 Å². The van der Waals surface area contributed by atoms with E-state index in [1.807, 2.05) is 36.4 Å². The van der Waals surface area contributed by atoms with Crippen LogP contribution < -0.4 is 5.32 Å². The second-order valence-electron chi connectivity index (χ2n) is 5.29. The molecule has 1 aliphatic rings. The fourth-order valence-corrected chi connectivity index (χ4v) is 2.92. The van der Waals surface area contributed by atoms with Gasteiger partial charge in [0.1, 0.15) is 0 Å². The molecule has 3 rings (SSSR count). The molecule has 1 atom stereocenters. The second-order valence-corrected chi connectivity index (χ2v) is 5.70. The summed E-state index contributed by atoms with van der Waals surface area (Å²) in [7, 11) is 0. The van der Waals surface area contributed by atoms with E-state index in [1.54, 1.807) is 6.07 Å². The number of nitrogens with one attached hydrogen (secondary N) is 1. The Morgan fingerprint density at radius 3 is 2.71 bits per heavy atom. The molecule has 0 saturated heterocycles. The van der Waals surface area contributed by atoms with Crippen molar-refractivity contribution in [2.24, 2.45) is 0 Å². The lowest BCUT2D eigenvalue weighted by Gasteiger charge is -2.21. The Bertz CT molecular complexity index is 670. The number of carbonyl (C=O) groups is 1. The van der Waals surface area contributed by atoms with E-state index in [0.29, 0.717) is 30.0 Å². The second kappa shape index (κ2) is 5.88. The topological polar surface area (TPSA) is 49.3 Å². The third-order valence-corrected chi connectivity index (χ3v) is 4.03. The Hall–Kier alpha value is -1.84. The summed E-state index contributed by atoms with van der Waals surface area (Å²) in [5.41, 5.74) is 3.54. The number of aliphatic hydroxyl groups is 1. The molecule has 1 amide bonds. The standard InChI is InChI=1S/C17H16ClNO2/c18-14-10-13(9-12-6-7-16(21)19-17(12)14)15(20)8-11-4-2-1-3-5-11/h1-5,9-10,15,20H,6-8H2,(H,19,21). The smallest absolute Gasteiger partial charge is 0.224 e. The lowest BCUT2D eigenvalue weighted by atomic mass is 9.95. The van der Waals surface area contributed by atoms with Gasteiger partial charge in [0.15, 0.2) is 0 Å². The monoisotopic (exact) mass is 301 g/mol. The molecule has 108 valence electrons. The molecule has 1 unspecified atom stereocenters. The molecule has 0 spiro atoms. The van der Waals surface area contributed by atoms with E-state index in [4.69, 9.17) is 11.6 Å². The molecule has 2 aromatic carbocycles. The highest BCUT2D eigenvalue weighted by atomic mass is 35.5. The van der Waals surface area contributed by atoms with Gasteiger partial charge in [0, 0.05) is 12.8 Å². The van der Waals surface area contributed by atoms with Crippen LogP contribution in [0.15, 0.2) is 42.5 Å². The number of amides is 1. The van der Waals surface area contributed by atoms with Gasteiger partial charge < -0.3 is 10.4 Å². The van der Waals surface area contributed by atoms with E-state index in [0.717, 1.165) is 16.7 Å². The van der Waals surface area contributed by atoms with Gasteiger partial charge in [-0.15, -0.1) is 0 Å². The third kappa shape index (κ3) is 3.09. The normalized spacial score (nSPS) is 15.2. The minimum Gasteiger partial charge on any atom is -0.388 e. The molecule has 0 bridgehead atoms. The largest absolute Gasteiger partial charge is 0.388 e. The zero-order chi connectivity index (χ0) is 14.8. The van der Waals surface area contributed by atoms with Crippen molar-refractivity contribution >= 4 is 23.2 Å². The Balaban J connectivity index is 1.86. The van der Waals surface area contributed by atoms with Crippen LogP contribution in [0.4, 0.5) is 5.69 Å². The zero-order valence-electron chi connectivity index (χ0n) is 11.5. The first kappa shape index (κ1) is 14.1. The number of aliphatic hydroxyl groups excluding tert-OH is 1. The number of carbonyl (C=O) groups excluding carboxylic acids is 1. The van der Waals surface area contributed by atoms with Crippen LogP contribution >= 0.6 is 11.6 Å². The number of rotatable bonds is 3. The van der Waals surface area contributed by atoms with E-state index < -0.39 is 6.10 Å². The molecule has 0 fully saturated rings. The van der Waals surface area contributed by atoms with Crippen LogP contribution in [0.3, 0.4) is 0 Å². The average Bonchev–Trinajstić information content (AvgIpc) is 2.49. The summed E-state index contributed by atoms with van der Waals surface area (Å²) in [6.45, 7) is 0. The fourth-order valence-electron chi connectivity index (χ4n) is 2.62. The molecule has 21 heavy (non-hydrogen) atoms. The molecular weight excluding hydrogens is 286 g/mol. The van der Waals surface area contributed by atoms with Crippen LogP contribution in [0.25, 0.3) is 0 Å². The predicted molar refractivity (Wildman–Crippen MR) is 83.5 cm³/mol. The summed E-state index contributed by atoms with van der Waals surface area (Å²) >= 11 is 6.23. The number of aryl methyl sites for hydroxylation is 1. The first-order valence-corrected chi connectivity index (χ1v) is 7.35. The summed E-state index contributed by atoms with van der Waals surface area (Å²) in [5, 5.41) is 13.7. The maximum atomic E-state index is 11.4. The van der Waals surface area contributed by atoms with Gasteiger partial charge in [-0.1, -0.05) is 48.0 Å². The summed E-state index contributed by atoms with van der Waals surface area (Å²) in [6, 6.07) is 13.5. The molecule has 1 aliphatic heterocycles. The van der Waals surface area contributed by atoms with Crippen LogP contribution in [0, 0.1) is 0 Å². The lowest BCUT2D eigenvalue weighted by Crippen LogP contribution is -2.19. The van der Waals surface area contributed by atoms with E-state index >= 15 is 0 Å². The van der Waals surface area contributed by atoms with Crippen LogP contribution in [-0.4, -0.2) is 11.0 Å². The van der Waals surface area contributed by atoms with Crippen molar-refractivity contribution in [1.29, 1.82) is 0 Å². The van der Waals surface area contributed by atoms with Gasteiger partial charge in [0.2, 0.25) is 5.91 Å². The first-order valence-electron chi connectivity index (χ1n) is 6.97. The predicted octanol–water partition coefficient (Wildman–Crippen LogP) is 3.50. The highest BCUT2D eigenvalue weighted by Gasteiger charge is 2.20. The van der Waals surface area contributed by atoms with Crippen molar-refractivity contribution in [3.05, 3.63) is 64.2 Å². The van der Waals surface area contributed by atoms with Crippen molar-refractivity contribution in [2.75, 3.05) is 5.32 Å². The summed E-state index contributed by atoms with van der Waals surface area (Å²) in [4.78, 5) is 11.4. The highest BCUT2D eigenvalue weighted by Crippen LogP contribution is 2.34. The van der Waals surface area contributed by atoms with Crippen molar-refractivity contribution < 1.29 is 9.90 Å². The maximum Gasteiger partial charge on any atom is 0.224 e. The Morgan fingerprint density at radius 2 is 1.95 bits per heavy atom. The summed E-state index contributed by atoms with van der Waals surface area (Å²) in [5.74, 6) is -0.0121. The van der Waals surface area contributed by atoms with E-state index in [-0.39, 0.29) is 5.91 Å². The number of benzene rings is 2. The molecule has 1 heterocycles. The van der Waals surface area contributed by atoms with Gasteiger partial charge in [0.25, 0.3) is 0 Å². The number of hydrogen-bond acceptors (Lipinski definition) is 2. The van der Waals surface area contributed by atoms with Crippen molar-refractivity contribution in [3.8, 4) is 0 Å². The van der Waals surface area contributed by atoms with Crippen LogP contribution in [0.5, 0.6) is 0 Å². The number of hydrogen-bond donors (Lipinski definition) is 2. The third-order valence-electron chi connectivity index (χ3n) is 3.74. The van der Waals surface area contributed by atoms with E-state index in [9.17, 15) is 9.90 Å². The zero-order valence-corrected chi connectivity index (χ0v) is 12.2. The molecule has 4 heteroatoms. The molecule has 0 aromatic heterocycles. The Labute approximate surface area is 128 Å². The molecule has 3 nitrogen and oxygen atoms in total. The molecule has 0 radical (unpaired) electrons. The van der Waals surface area contributed by atoms with Crippen LogP contribution in [-0.2, 0) is 17.6 Å². The number of halogens is 1. The first-order chi connectivity index (χ1) is 10.1. The summed E-state index contributed by atoms with van der Waals surface area (Å²) < 4.78 is 0. The van der Waals surface area contributed by atoms with Crippen molar-refractivity contribution in [3.63, 3.8) is 0 Å². The Kier molecular flexibility index (Phi) is 3.95. The number of anilines is 1. The molecular formula is C17H16ClNO2. The van der Waals surface area contributed by atoms with Crippen LogP contribution in [0.2, 0.25) is 5.02 Å². The van der Waals surface area contributed by atoms with Crippen molar-refractivity contribution in [1.82, 2.24) is 0 Å². The van der Waals surface area contributed by atoms with Gasteiger partial charge in [-0.05, 0) is 29.2 Å². The quantitative estimate of drug-likeness (QED) is 0.911. The van der Waals surface area contributed by atoms with E-state index in [1.165, 1.54) is 0 Å². The molecule has 2 aromatic rings. The van der Waals surface area contributed by atoms with Crippen molar-refractivity contribution in [2.45, 2.75) is 25.4 Å². The highest BCUT2D eigenvalue weighted by molar-refractivity contribution is 6.34. The maximum absolute atomic E-state index is 11.4. The SMILES string of the molecule is O=C1CCc2cc(C(O)Cc3ccccc3)cc(Cl)c2N1. The number of fused-ring (bicyclic) bond motifs is 1.